The van der Waals surface area contributed by atoms with Crippen molar-refractivity contribution in [3.8, 4) is 0 Å². The molecule has 13 heavy (non-hydrogen) atoms. The maximum Gasteiger partial charge on any atom is 0.339 e. The zero-order valence-electron chi connectivity index (χ0n) is 8.19. The predicted octanol–water partition coefficient (Wildman–Crippen LogP) is 1.57. The van der Waals surface area contributed by atoms with E-state index < -0.39 is 6.03 Å². The lowest BCUT2D eigenvalue weighted by atomic mass is 9.93. The van der Waals surface area contributed by atoms with Gasteiger partial charge in [-0.1, -0.05) is 20.8 Å². The number of hydrogen-bond donors (Lipinski definition) is 1. The standard InChI is InChI=1S/C9H15N3O/c1-6(2)7(3)8-4-11-12(5-8)9(10)13/h4-7H,1-3H3,(H2,10,13). The maximum absolute atomic E-state index is 10.7. The molecule has 4 nitrogen and oxygen atoms in total. The normalized spacial score (nSPS) is 13.2. The van der Waals surface area contributed by atoms with E-state index >= 15 is 0 Å². The van der Waals surface area contributed by atoms with Crippen molar-refractivity contribution in [3.05, 3.63) is 18.0 Å². The van der Waals surface area contributed by atoms with Crippen molar-refractivity contribution in [1.29, 1.82) is 0 Å². The van der Waals surface area contributed by atoms with E-state index in [1.165, 1.54) is 0 Å². The molecule has 2 N–H and O–H groups in total. The average molecular weight is 181 g/mol. The quantitative estimate of drug-likeness (QED) is 0.752. The summed E-state index contributed by atoms with van der Waals surface area (Å²) in [4.78, 5) is 10.7. The van der Waals surface area contributed by atoms with Crippen molar-refractivity contribution in [1.82, 2.24) is 9.78 Å². The van der Waals surface area contributed by atoms with Gasteiger partial charge in [-0.25, -0.2) is 4.79 Å². The third kappa shape index (κ3) is 2.08. The minimum atomic E-state index is -0.540. The van der Waals surface area contributed by atoms with Gasteiger partial charge in [0.15, 0.2) is 0 Å². The van der Waals surface area contributed by atoms with Crippen LogP contribution >= 0.6 is 0 Å². The molecule has 1 amide bonds. The molecule has 1 rings (SSSR count). The third-order valence-corrected chi connectivity index (χ3v) is 2.35. The number of carbonyl (C=O) groups excluding carboxylic acids is 1. The Bertz CT molecular complexity index is 304. The van der Waals surface area contributed by atoms with Crippen molar-refractivity contribution in [2.75, 3.05) is 0 Å². The summed E-state index contributed by atoms with van der Waals surface area (Å²) in [5.74, 6) is 0.929. The van der Waals surface area contributed by atoms with Crippen molar-refractivity contribution in [3.63, 3.8) is 0 Å². The molecule has 0 aromatic carbocycles. The van der Waals surface area contributed by atoms with Crippen LogP contribution in [-0.4, -0.2) is 15.8 Å². The van der Waals surface area contributed by atoms with Gasteiger partial charge in [0, 0.05) is 6.20 Å². The number of rotatable bonds is 2. The summed E-state index contributed by atoms with van der Waals surface area (Å²) >= 11 is 0. The van der Waals surface area contributed by atoms with E-state index in [1.54, 1.807) is 12.4 Å². The number of carbonyl (C=O) groups is 1. The maximum atomic E-state index is 10.7. The molecule has 0 fully saturated rings. The van der Waals surface area contributed by atoms with E-state index in [9.17, 15) is 4.79 Å². The molecule has 1 aromatic heterocycles. The van der Waals surface area contributed by atoms with Crippen LogP contribution in [0.2, 0.25) is 0 Å². The van der Waals surface area contributed by atoms with Gasteiger partial charge in [-0.15, -0.1) is 0 Å². The molecule has 0 spiro atoms. The largest absolute Gasteiger partial charge is 0.350 e. The van der Waals surface area contributed by atoms with Gasteiger partial charge < -0.3 is 5.73 Å². The molecule has 0 bridgehead atoms. The van der Waals surface area contributed by atoms with Gasteiger partial charge in [-0.2, -0.15) is 9.78 Å². The number of primary amides is 1. The monoisotopic (exact) mass is 181 g/mol. The summed E-state index contributed by atoms with van der Waals surface area (Å²) in [5.41, 5.74) is 6.11. The highest BCUT2D eigenvalue weighted by molar-refractivity contribution is 5.73. The van der Waals surface area contributed by atoms with Gasteiger partial charge in [-0.05, 0) is 17.4 Å². The zero-order chi connectivity index (χ0) is 10.0. The zero-order valence-corrected chi connectivity index (χ0v) is 8.19. The van der Waals surface area contributed by atoms with E-state index in [0.29, 0.717) is 11.8 Å². The summed E-state index contributed by atoms with van der Waals surface area (Å²) in [5, 5.41) is 3.86. The second kappa shape index (κ2) is 3.60. The molecular weight excluding hydrogens is 166 g/mol. The second-order valence-corrected chi connectivity index (χ2v) is 3.59. The van der Waals surface area contributed by atoms with Crippen molar-refractivity contribution in [2.45, 2.75) is 26.7 Å². The Morgan fingerprint density at radius 1 is 1.54 bits per heavy atom. The Labute approximate surface area is 77.7 Å². The molecule has 1 aromatic rings. The van der Waals surface area contributed by atoms with Crippen LogP contribution in [0, 0.1) is 5.92 Å². The Hall–Kier alpha value is -1.32. The highest BCUT2D eigenvalue weighted by atomic mass is 16.2. The predicted molar refractivity (Wildman–Crippen MR) is 50.5 cm³/mol. The molecule has 4 heteroatoms. The number of amides is 1. The molecule has 0 aliphatic rings. The van der Waals surface area contributed by atoms with E-state index in [-0.39, 0.29) is 0 Å². The Kier molecular flexibility index (Phi) is 2.70. The number of nitrogens with zero attached hydrogens (tertiary/aromatic N) is 2. The van der Waals surface area contributed by atoms with E-state index in [1.807, 2.05) is 0 Å². The summed E-state index contributed by atoms with van der Waals surface area (Å²) in [7, 11) is 0. The topological polar surface area (TPSA) is 60.9 Å². The van der Waals surface area contributed by atoms with Crippen LogP contribution in [0.25, 0.3) is 0 Å². The molecule has 0 aliphatic heterocycles. The highest BCUT2D eigenvalue weighted by Crippen LogP contribution is 2.22. The Morgan fingerprint density at radius 2 is 2.15 bits per heavy atom. The summed E-state index contributed by atoms with van der Waals surface area (Å²) in [6.45, 7) is 6.37. The van der Waals surface area contributed by atoms with Crippen molar-refractivity contribution >= 4 is 6.03 Å². The SMILES string of the molecule is CC(C)C(C)c1cnn(C(N)=O)c1. The molecule has 0 saturated carbocycles. The lowest BCUT2D eigenvalue weighted by Crippen LogP contribution is -2.19. The lowest BCUT2D eigenvalue weighted by Gasteiger charge is -2.12. The van der Waals surface area contributed by atoms with E-state index in [2.05, 4.69) is 25.9 Å². The smallest absolute Gasteiger partial charge is 0.339 e. The molecule has 0 saturated heterocycles. The fraction of sp³-hybridized carbons (Fsp3) is 0.556. The van der Waals surface area contributed by atoms with Crippen LogP contribution < -0.4 is 5.73 Å². The van der Waals surface area contributed by atoms with E-state index in [4.69, 9.17) is 5.73 Å². The van der Waals surface area contributed by atoms with Crippen LogP contribution in [-0.2, 0) is 0 Å². The molecule has 1 atom stereocenters. The minimum Gasteiger partial charge on any atom is -0.350 e. The molecule has 0 radical (unpaired) electrons. The number of nitrogens with two attached hydrogens (primary N) is 1. The Balaban J connectivity index is 2.85. The summed E-state index contributed by atoms with van der Waals surface area (Å²) in [6.07, 6.45) is 3.38. The van der Waals surface area contributed by atoms with Gasteiger partial charge in [0.05, 0.1) is 6.20 Å². The Morgan fingerprint density at radius 3 is 2.54 bits per heavy atom. The van der Waals surface area contributed by atoms with Crippen molar-refractivity contribution in [2.24, 2.45) is 11.7 Å². The lowest BCUT2D eigenvalue weighted by molar-refractivity contribution is 0.247. The first-order valence-corrected chi connectivity index (χ1v) is 4.36. The first-order chi connectivity index (χ1) is 6.02. The summed E-state index contributed by atoms with van der Waals surface area (Å²) < 4.78 is 1.16. The molecular formula is C9H15N3O. The molecule has 72 valence electrons. The molecule has 1 unspecified atom stereocenters. The van der Waals surface area contributed by atoms with Gasteiger partial charge in [0.2, 0.25) is 0 Å². The first kappa shape index (κ1) is 9.77. The number of aromatic nitrogens is 2. The highest BCUT2D eigenvalue weighted by Gasteiger charge is 2.12. The van der Waals surface area contributed by atoms with Gasteiger partial charge in [0.25, 0.3) is 0 Å². The van der Waals surface area contributed by atoms with Crippen molar-refractivity contribution < 1.29 is 4.79 Å². The second-order valence-electron chi connectivity index (χ2n) is 3.59. The van der Waals surface area contributed by atoms with Crippen LogP contribution in [0.15, 0.2) is 12.4 Å². The van der Waals surface area contributed by atoms with Gasteiger partial charge in [0.1, 0.15) is 0 Å². The molecule has 0 aliphatic carbocycles. The minimum absolute atomic E-state index is 0.396. The molecule has 1 heterocycles. The van der Waals surface area contributed by atoms with Crippen LogP contribution in [0.5, 0.6) is 0 Å². The number of hydrogen-bond acceptors (Lipinski definition) is 2. The van der Waals surface area contributed by atoms with Gasteiger partial charge >= 0.3 is 6.03 Å². The summed E-state index contributed by atoms with van der Waals surface area (Å²) in [6, 6.07) is -0.540. The third-order valence-electron chi connectivity index (χ3n) is 2.35. The van der Waals surface area contributed by atoms with Crippen LogP contribution in [0.1, 0.15) is 32.3 Å². The first-order valence-electron chi connectivity index (χ1n) is 4.36. The average Bonchev–Trinajstić information content (AvgIpc) is 2.50. The fourth-order valence-electron chi connectivity index (χ4n) is 1.08. The van der Waals surface area contributed by atoms with Gasteiger partial charge in [-0.3, -0.25) is 0 Å². The van der Waals surface area contributed by atoms with Crippen LogP contribution in [0.4, 0.5) is 4.79 Å². The van der Waals surface area contributed by atoms with Crippen LogP contribution in [0.3, 0.4) is 0 Å². The van der Waals surface area contributed by atoms with E-state index in [0.717, 1.165) is 10.2 Å². The fourth-order valence-corrected chi connectivity index (χ4v) is 1.08.